The lowest BCUT2D eigenvalue weighted by molar-refractivity contribution is 0.0727. The highest BCUT2D eigenvalue weighted by molar-refractivity contribution is 9.10. The van der Waals surface area contributed by atoms with E-state index in [0.717, 1.165) is 25.8 Å². The van der Waals surface area contributed by atoms with Crippen LogP contribution in [0.5, 0.6) is 0 Å². The van der Waals surface area contributed by atoms with E-state index in [1.54, 1.807) is 6.07 Å². The summed E-state index contributed by atoms with van der Waals surface area (Å²) < 4.78 is 0.714. The SMILES string of the molecule is CCC1CCCN1C(=O)c1cccc(Br)n1. The number of carbonyl (C=O) groups excluding carboxylic acids is 1. The molecular formula is C12H15BrN2O. The number of carbonyl (C=O) groups is 1. The highest BCUT2D eigenvalue weighted by Crippen LogP contribution is 2.22. The Morgan fingerprint density at radius 3 is 3.12 bits per heavy atom. The summed E-state index contributed by atoms with van der Waals surface area (Å²) in [6, 6.07) is 5.85. The van der Waals surface area contributed by atoms with Gasteiger partial charge < -0.3 is 4.90 Å². The second-order valence-corrected chi connectivity index (χ2v) is 4.86. The Kier molecular flexibility index (Phi) is 3.59. The molecule has 0 bridgehead atoms. The number of pyridine rings is 1. The molecule has 1 aromatic heterocycles. The van der Waals surface area contributed by atoms with Gasteiger partial charge in [-0.05, 0) is 47.3 Å². The van der Waals surface area contributed by atoms with E-state index in [1.807, 2.05) is 17.0 Å². The third-order valence-electron chi connectivity index (χ3n) is 3.04. The molecule has 1 saturated heterocycles. The summed E-state index contributed by atoms with van der Waals surface area (Å²) in [4.78, 5) is 18.4. The summed E-state index contributed by atoms with van der Waals surface area (Å²) in [5.41, 5.74) is 0.537. The van der Waals surface area contributed by atoms with E-state index in [9.17, 15) is 4.79 Å². The van der Waals surface area contributed by atoms with Crippen LogP contribution in [0.15, 0.2) is 22.8 Å². The van der Waals surface area contributed by atoms with Gasteiger partial charge in [0, 0.05) is 12.6 Å². The van der Waals surface area contributed by atoms with Gasteiger partial charge in [-0.2, -0.15) is 0 Å². The summed E-state index contributed by atoms with van der Waals surface area (Å²) in [5, 5.41) is 0. The zero-order valence-electron chi connectivity index (χ0n) is 9.32. The van der Waals surface area contributed by atoms with Gasteiger partial charge in [0.05, 0.1) is 0 Å². The van der Waals surface area contributed by atoms with Gasteiger partial charge in [-0.3, -0.25) is 4.79 Å². The van der Waals surface area contributed by atoms with Crippen LogP contribution in [-0.4, -0.2) is 28.4 Å². The topological polar surface area (TPSA) is 33.2 Å². The number of likely N-dealkylation sites (tertiary alicyclic amines) is 1. The fourth-order valence-corrected chi connectivity index (χ4v) is 2.55. The van der Waals surface area contributed by atoms with Gasteiger partial charge in [0.1, 0.15) is 10.3 Å². The molecule has 2 heterocycles. The van der Waals surface area contributed by atoms with Crippen molar-refractivity contribution in [3.63, 3.8) is 0 Å². The molecule has 1 atom stereocenters. The number of amides is 1. The molecule has 0 radical (unpaired) electrons. The average Bonchev–Trinajstić information content (AvgIpc) is 2.76. The molecule has 0 spiro atoms. The van der Waals surface area contributed by atoms with Crippen LogP contribution in [0.4, 0.5) is 0 Å². The van der Waals surface area contributed by atoms with Crippen LogP contribution in [0.25, 0.3) is 0 Å². The van der Waals surface area contributed by atoms with Gasteiger partial charge in [-0.1, -0.05) is 13.0 Å². The normalized spacial score (nSPS) is 20.1. The molecule has 2 rings (SSSR count). The van der Waals surface area contributed by atoms with Crippen LogP contribution in [0, 0.1) is 0 Å². The quantitative estimate of drug-likeness (QED) is 0.782. The van der Waals surface area contributed by atoms with E-state index in [1.165, 1.54) is 0 Å². The Labute approximate surface area is 104 Å². The van der Waals surface area contributed by atoms with E-state index >= 15 is 0 Å². The Balaban J connectivity index is 2.18. The zero-order valence-corrected chi connectivity index (χ0v) is 10.9. The monoisotopic (exact) mass is 282 g/mol. The lowest BCUT2D eigenvalue weighted by Crippen LogP contribution is -2.35. The highest BCUT2D eigenvalue weighted by atomic mass is 79.9. The van der Waals surface area contributed by atoms with Crippen molar-refractivity contribution in [3.8, 4) is 0 Å². The molecule has 4 heteroatoms. The molecule has 3 nitrogen and oxygen atoms in total. The van der Waals surface area contributed by atoms with Gasteiger partial charge in [0.25, 0.3) is 5.91 Å². The van der Waals surface area contributed by atoms with E-state index < -0.39 is 0 Å². The summed E-state index contributed by atoms with van der Waals surface area (Å²) in [7, 11) is 0. The van der Waals surface area contributed by atoms with Gasteiger partial charge in [0.15, 0.2) is 0 Å². The van der Waals surface area contributed by atoms with Crippen molar-refractivity contribution in [1.29, 1.82) is 0 Å². The lowest BCUT2D eigenvalue weighted by atomic mass is 10.1. The van der Waals surface area contributed by atoms with E-state index in [-0.39, 0.29) is 5.91 Å². The maximum atomic E-state index is 12.2. The maximum Gasteiger partial charge on any atom is 0.272 e. The zero-order chi connectivity index (χ0) is 11.5. The third kappa shape index (κ3) is 2.26. The van der Waals surface area contributed by atoms with Crippen molar-refractivity contribution in [3.05, 3.63) is 28.5 Å². The first-order valence-electron chi connectivity index (χ1n) is 5.66. The van der Waals surface area contributed by atoms with Gasteiger partial charge >= 0.3 is 0 Å². The molecule has 0 N–H and O–H groups in total. The van der Waals surface area contributed by atoms with Crippen molar-refractivity contribution in [2.45, 2.75) is 32.2 Å². The molecule has 1 aromatic rings. The Hall–Kier alpha value is -0.900. The van der Waals surface area contributed by atoms with Gasteiger partial charge in [-0.15, -0.1) is 0 Å². The molecule has 86 valence electrons. The predicted octanol–water partition coefficient (Wildman–Crippen LogP) is 2.86. The van der Waals surface area contributed by atoms with Crippen LogP contribution in [0.2, 0.25) is 0 Å². The summed E-state index contributed by atoms with van der Waals surface area (Å²) in [6.45, 7) is 3.00. The molecule has 1 aliphatic rings. The van der Waals surface area contributed by atoms with E-state index in [4.69, 9.17) is 0 Å². The number of aromatic nitrogens is 1. The summed E-state index contributed by atoms with van der Waals surface area (Å²) in [6.07, 6.45) is 3.26. The Morgan fingerprint density at radius 2 is 2.44 bits per heavy atom. The predicted molar refractivity (Wildman–Crippen MR) is 66.3 cm³/mol. The minimum Gasteiger partial charge on any atom is -0.334 e. The Morgan fingerprint density at radius 1 is 1.62 bits per heavy atom. The fraction of sp³-hybridized carbons (Fsp3) is 0.500. The summed E-state index contributed by atoms with van der Waals surface area (Å²) >= 11 is 3.29. The number of nitrogens with zero attached hydrogens (tertiary/aromatic N) is 2. The first kappa shape index (κ1) is 11.6. The van der Waals surface area contributed by atoms with Crippen molar-refractivity contribution in [2.75, 3.05) is 6.54 Å². The number of hydrogen-bond acceptors (Lipinski definition) is 2. The van der Waals surface area contributed by atoms with E-state index in [2.05, 4.69) is 27.8 Å². The average molecular weight is 283 g/mol. The van der Waals surface area contributed by atoms with Crippen molar-refractivity contribution < 1.29 is 4.79 Å². The Bertz CT molecular complexity index is 394. The highest BCUT2D eigenvalue weighted by Gasteiger charge is 2.28. The molecule has 1 unspecified atom stereocenters. The molecule has 1 fully saturated rings. The third-order valence-corrected chi connectivity index (χ3v) is 3.49. The fourth-order valence-electron chi connectivity index (χ4n) is 2.20. The molecule has 0 aromatic carbocycles. The van der Waals surface area contributed by atoms with Gasteiger partial charge in [0.2, 0.25) is 0 Å². The standard InChI is InChI=1S/C12H15BrN2O/c1-2-9-5-4-8-15(9)12(16)10-6-3-7-11(13)14-10/h3,6-7,9H,2,4-5,8H2,1H3. The minimum atomic E-state index is 0.0608. The second-order valence-electron chi connectivity index (χ2n) is 4.05. The molecule has 16 heavy (non-hydrogen) atoms. The number of hydrogen-bond donors (Lipinski definition) is 0. The lowest BCUT2D eigenvalue weighted by Gasteiger charge is -2.23. The van der Waals surface area contributed by atoms with Crippen LogP contribution >= 0.6 is 15.9 Å². The van der Waals surface area contributed by atoms with Crippen LogP contribution < -0.4 is 0 Å². The van der Waals surface area contributed by atoms with Gasteiger partial charge in [-0.25, -0.2) is 4.98 Å². The number of halogens is 1. The van der Waals surface area contributed by atoms with Crippen LogP contribution in [0.3, 0.4) is 0 Å². The smallest absolute Gasteiger partial charge is 0.272 e. The maximum absolute atomic E-state index is 12.2. The molecule has 0 saturated carbocycles. The first-order valence-corrected chi connectivity index (χ1v) is 6.45. The largest absolute Gasteiger partial charge is 0.334 e. The van der Waals surface area contributed by atoms with Crippen molar-refractivity contribution in [2.24, 2.45) is 0 Å². The number of rotatable bonds is 2. The van der Waals surface area contributed by atoms with Crippen LogP contribution in [0.1, 0.15) is 36.7 Å². The van der Waals surface area contributed by atoms with Crippen LogP contribution in [-0.2, 0) is 0 Å². The first-order chi connectivity index (χ1) is 7.72. The minimum absolute atomic E-state index is 0.0608. The van der Waals surface area contributed by atoms with Crippen molar-refractivity contribution in [1.82, 2.24) is 9.88 Å². The second kappa shape index (κ2) is 4.95. The molecule has 1 aliphatic heterocycles. The molecule has 1 amide bonds. The van der Waals surface area contributed by atoms with E-state index in [0.29, 0.717) is 16.3 Å². The summed E-state index contributed by atoms with van der Waals surface area (Å²) in [5.74, 6) is 0.0608. The molecule has 0 aliphatic carbocycles. The van der Waals surface area contributed by atoms with Crippen molar-refractivity contribution >= 4 is 21.8 Å². The molecular weight excluding hydrogens is 268 g/mol.